The zero-order valence-electron chi connectivity index (χ0n) is 33.5. The van der Waals surface area contributed by atoms with Crippen molar-refractivity contribution >= 4 is 50.1 Å². The van der Waals surface area contributed by atoms with Gasteiger partial charge in [-0.15, -0.1) is 0 Å². The molecule has 2 aliphatic rings. The van der Waals surface area contributed by atoms with Crippen molar-refractivity contribution in [3.8, 4) is 0 Å². The lowest BCUT2D eigenvalue weighted by Gasteiger charge is -2.30. The summed E-state index contributed by atoms with van der Waals surface area (Å²) in [5.41, 5.74) is 5.17. The molecule has 328 valence electrons. The first kappa shape index (κ1) is 56.6. The predicted molar refractivity (Wildman–Crippen MR) is 197 cm³/mol. The van der Waals surface area contributed by atoms with Crippen molar-refractivity contribution in [1.29, 1.82) is 0 Å². The number of carboxylic acid groups (broad SMARTS) is 2. The van der Waals surface area contributed by atoms with Gasteiger partial charge in [-0.1, -0.05) is 27.7 Å². The van der Waals surface area contributed by atoms with Crippen molar-refractivity contribution in [3.05, 3.63) is 0 Å². The second-order valence-corrected chi connectivity index (χ2v) is 13.2. The normalized spacial score (nSPS) is 16.1. The summed E-state index contributed by atoms with van der Waals surface area (Å²) in [5, 5.41) is 18.0. The molecule has 0 unspecified atom stereocenters. The molecule has 0 spiro atoms. The number of aliphatic carboxylic acids is 2. The third kappa shape index (κ3) is 38.0. The first-order valence-corrected chi connectivity index (χ1v) is 18.0. The van der Waals surface area contributed by atoms with E-state index in [0.29, 0.717) is 123 Å². The molecule has 0 saturated carbocycles. The Morgan fingerprint density at radius 3 is 1.05 bits per heavy atom. The van der Waals surface area contributed by atoms with Gasteiger partial charge in [0.15, 0.2) is 0 Å². The fraction of sp³-hybridized carbons (Fsp3) is 0.765. The Morgan fingerprint density at radius 2 is 0.842 bits per heavy atom. The quantitative estimate of drug-likeness (QED) is 0.0858. The molecule has 1 amide bonds. The Bertz CT molecular complexity index is 1110. The van der Waals surface area contributed by atoms with Crippen molar-refractivity contribution in [3.63, 3.8) is 0 Å². The Labute approximate surface area is 333 Å². The Kier molecular flexibility index (Phi) is 39.3. The number of rotatable bonds is 19. The monoisotopic (exact) mass is 822 g/mol. The zero-order valence-corrected chi connectivity index (χ0v) is 33.5. The molecule has 2 saturated heterocycles. The molecular formula is C34H62N8O15. The van der Waals surface area contributed by atoms with Crippen LogP contribution in [-0.2, 0) is 62.2 Å². The first-order valence-electron chi connectivity index (χ1n) is 18.0. The minimum atomic E-state index is -0.888. The van der Waals surface area contributed by atoms with Gasteiger partial charge in [-0.25, -0.2) is 0 Å². The van der Waals surface area contributed by atoms with Crippen LogP contribution in [0.5, 0.6) is 0 Å². The number of nitrogens with zero attached hydrogens (tertiary/aromatic N) is 7. The van der Waals surface area contributed by atoms with Gasteiger partial charge >= 0.3 is 24.2 Å². The zero-order chi connectivity index (χ0) is 43.9. The van der Waals surface area contributed by atoms with E-state index < -0.39 is 11.9 Å². The van der Waals surface area contributed by atoms with Crippen LogP contribution in [0.1, 0.15) is 27.7 Å². The average Bonchev–Trinajstić information content (AvgIpc) is 3.31. The summed E-state index contributed by atoms with van der Waals surface area (Å²) in [6.45, 7) is 19.4. The van der Waals surface area contributed by atoms with E-state index in [1.165, 1.54) is 0 Å². The number of carbonyl (C=O) groups excluding carboxylic acids is 8. The van der Waals surface area contributed by atoms with E-state index in [9.17, 15) is 28.8 Å². The Morgan fingerprint density at radius 1 is 0.579 bits per heavy atom. The van der Waals surface area contributed by atoms with Crippen molar-refractivity contribution in [2.75, 3.05) is 132 Å². The standard InChI is InChI=1S/C16H30N4O5.C12H21N3O6.C4H11N.2CO2/c1-15(2)9-20(12-21)11-18-5-3-17(10-16(23)24)4-7-19(8-6-18)13-25-14-22;16-10-20-8-14-3-1-13(7-12(18)19)2-4-15(6-5-14)9-21-11-17;1-4(2)3-5;2*2-1-3/h12,14-15H,3-11,13H2,1-2H3,(H,23,24);10-11H,1-9H2,(H,18,19);4H,3,5H2,1-2H3;;. The maximum Gasteiger partial charge on any atom is 0.373 e. The summed E-state index contributed by atoms with van der Waals surface area (Å²) in [6, 6.07) is 0. The molecule has 0 radical (unpaired) electrons. The topological polar surface area (TPSA) is 288 Å². The van der Waals surface area contributed by atoms with Crippen LogP contribution < -0.4 is 5.73 Å². The highest BCUT2D eigenvalue weighted by molar-refractivity contribution is 5.69. The van der Waals surface area contributed by atoms with Crippen LogP contribution in [0.3, 0.4) is 0 Å². The van der Waals surface area contributed by atoms with Crippen molar-refractivity contribution < 1.29 is 72.4 Å². The number of nitrogens with two attached hydrogens (primary N) is 1. The summed E-state index contributed by atoms with van der Waals surface area (Å²) >= 11 is 0. The summed E-state index contributed by atoms with van der Waals surface area (Å²) in [4.78, 5) is 110. The van der Waals surface area contributed by atoms with Crippen LogP contribution in [-0.4, -0.2) is 226 Å². The Hall–Kier alpha value is -4.70. The summed E-state index contributed by atoms with van der Waals surface area (Å²) in [7, 11) is 0. The summed E-state index contributed by atoms with van der Waals surface area (Å²) in [5.74, 6) is -0.713. The van der Waals surface area contributed by atoms with Gasteiger partial charge in [0, 0.05) is 85.1 Å². The van der Waals surface area contributed by atoms with Crippen LogP contribution in [0.15, 0.2) is 0 Å². The largest absolute Gasteiger partial charge is 0.480 e. The van der Waals surface area contributed by atoms with Crippen LogP contribution in [0, 0.1) is 11.8 Å². The molecule has 0 bridgehead atoms. The van der Waals surface area contributed by atoms with E-state index in [2.05, 4.69) is 32.6 Å². The van der Waals surface area contributed by atoms with Crippen molar-refractivity contribution in [2.45, 2.75) is 27.7 Å². The second-order valence-electron chi connectivity index (χ2n) is 13.2. The highest BCUT2D eigenvalue weighted by Crippen LogP contribution is 2.04. The van der Waals surface area contributed by atoms with Crippen LogP contribution in [0.25, 0.3) is 0 Å². The van der Waals surface area contributed by atoms with Gasteiger partial charge in [-0.05, 0) is 18.4 Å². The molecule has 0 aliphatic carbocycles. The van der Waals surface area contributed by atoms with Crippen molar-refractivity contribution in [2.24, 2.45) is 17.6 Å². The molecule has 23 nitrogen and oxygen atoms in total. The third-order valence-electron chi connectivity index (χ3n) is 7.69. The van der Waals surface area contributed by atoms with Gasteiger partial charge in [-0.3, -0.25) is 58.2 Å². The van der Waals surface area contributed by atoms with Gasteiger partial charge in [0.25, 0.3) is 19.4 Å². The number of carbonyl (C=O) groups is 6. The van der Waals surface area contributed by atoms with Gasteiger partial charge in [0.2, 0.25) is 6.41 Å². The molecule has 0 atom stereocenters. The molecule has 23 heteroatoms. The molecule has 0 aromatic heterocycles. The highest BCUT2D eigenvalue weighted by atomic mass is 16.5. The van der Waals surface area contributed by atoms with Crippen molar-refractivity contribution in [1.82, 2.24) is 34.3 Å². The van der Waals surface area contributed by atoms with Gasteiger partial charge in [-0.2, -0.15) is 19.2 Å². The van der Waals surface area contributed by atoms with E-state index in [0.717, 1.165) is 13.0 Å². The first-order chi connectivity index (χ1) is 27.2. The van der Waals surface area contributed by atoms with Crippen LogP contribution in [0.2, 0.25) is 0 Å². The highest BCUT2D eigenvalue weighted by Gasteiger charge is 2.20. The lowest BCUT2D eigenvalue weighted by Crippen LogP contribution is -2.44. The summed E-state index contributed by atoms with van der Waals surface area (Å²) in [6.07, 6.45) is 1.36. The van der Waals surface area contributed by atoms with Gasteiger partial charge in [0.1, 0.15) is 20.2 Å². The maximum atomic E-state index is 11.3. The van der Waals surface area contributed by atoms with E-state index >= 15 is 0 Å². The molecule has 4 N–H and O–H groups in total. The van der Waals surface area contributed by atoms with Gasteiger partial charge in [0.05, 0.1) is 19.8 Å². The predicted octanol–water partition coefficient (Wildman–Crippen LogP) is -3.12. The van der Waals surface area contributed by atoms with Crippen LogP contribution >= 0.6 is 0 Å². The average molecular weight is 823 g/mol. The van der Waals surface area contributed by atoms with E-state index in [4.69, 9.17) is 49.3 Å². The summed E-state index contributed by atoms with van der Waals surface area (Å²) < 4.78 is 14.3. The SMILES string of the molecule is CC(C)CN.CC(C)CN(C=O)CN1CCN(COC=O)CCN(CC(=O)O)CC1.O=C=O.O=C=O.O=COCN1CCN(COC=O)CCN(CC(=O)O)CC1. The minimum absolute atomic E-state index is 0.0282. The number of amides is 1. The second kappa shape index (κ2) is 39.5. The number of hydrogen-bond acceptors (Lipinski definition) is 20. The molecule has 2 heterocycles. The fourth-order valence-electron chi connectivity index (χ4n) is 4.86. The van der Waals surface area contributed by atoms with Crippen LogP contribution in [0.4, 0.5) is 0 Å². The Balaban J connectivity index is -0.000000818. The molecular weight excluding hydrogens is 760 g/mol. The molecule has 0 aromatic rings. The minimum Gasteiger partial charge on any atom is -0.480 e. The molecule has 2 rings (SSSR count). The van der Waals surface area contributed by atoms with E-state index in [1.807, 2.05) is 19.6 Å². The number of ether oxygens (including phenoxy) is 3. The fourth-order valence-corrected chi connectivity index (χ4v) is 4.86. The maximum absolute atomic E-state index is 11.3. The number of hydrogen-bond donors (Lipinski definition) is 3. The molecule has 2 fully saturated rings. The lowest BCUT2D eigenvalue weighted by atomic mass is 10.2. The molecule has 57 heavy (non-hydrogen) atoms. The molecule has 0 aromatic carbocycles. The molecule has 2 aliphatic heterocycles. The van der Waals surface area contributed by atoms with E-state index in [1.54, 1.807) is 9.80 Å². The van der Waals surface area contributed by atoms with E-state index in [-0.39, 0.29) is 45.6 Å². The smallest absolute Gasteiger partial charge is 0.373 e. The van der Waals surface area contributed by atoms with Gasteiger partial charge < -0.3 is 35.1 Å². The third-order valence-corrected chi connectivity index (χ3v) is 7.69. The number of carboxylic acids is 2. The lowest BCUT2D eigenvalue weighted by molar-refractivity contribution is -0.193.